The maximum Gasteiger partial charge on any atom is 0.186 e. The first-order valence-corrected chi connectivity index (χ1v) is 8.90. The molecule has 0 radical (unpaired) electrons. The monoisotopic (exact) mass is 424 g/mol. The molecule has 3 rings (SSSR count). The highest BCUT2D eigenvalue weighted by molar-refractivity contribution is 6.42. The third kappa shape index (κ3) is 5.13. The molecular weight excluding hydrogens is 414 g/mol. The number of carbonyl (C=O) groups excluding carboxylic acids is 1. The Balaban J connectivity index is 1.62. The minimum atomic E-state index is -0.440. The molecule has 0 aliphatic heterocycles. The SMILES string of the molecule is O=C(/C=C/c1ccc(COc2ccc(F)cc2Cl)o1)c1ccc(Cl)c(Cl)c1. The van der Waals surface area contributed by atoms with Crippen LogP contribution in [0.2, 0.25) is 15.1 Å². The van der Waals surface area contributed by atoms with Gasteiger partial charge in [-0.25, -0.2) is 4.39 Å². The van der Waals surface area contributed by atoms with Gasteiger partial charge in [-0.3, -0.25) is 4.79 Å². The molecule has 3 aromatic rings. The first kappa shape index (κ1) is 19.5. The van der Waals surface area contributed by atoms with Crippen molar-refractivity contribution in [2.45, 2.75) is 6.61 Å². The third-order valence-corrected chi connectivity index (χ3v) is 4.58. The van der Waals surface area contributed by atoms with E-state index in [1.807, 2.05) is 0 Å². The van der Waals surface area contributed by atoms with E-state index in [0.29, 0.717) is 32.9 Å². The van der Waals surface area contributed by atoms with Gasteiger partial charge in [0.2, 0.25) is 0 Å². The Kier molecular flexibility index (Phi) is 6.22. The number of carbonyl (C=O) groups is 1. The van der Waals surface area contributed by atoms with Gasteiger partial charge in [-0.15, -0.1) is 0 Å². The number of rotatable bonds is 6. The Morgan fingerprint density at radius 3 is 2.56 bits per heavy atom. The van der Waals surface area contributed by atoms with Gasteiger partial charge >= 0.3 is 0 Å². The van der Waals surface area contributed by atoms with E-state index in [4.69, 9.17) is 44.0 Å². The van der Waals surface area contributed by atoms with Crippen molar-refractivity contribution in [2.24, 2.45) is 0 Å². The molecule has 0 atom stereocenters. The Bertz CT molecular complexity index is 1010. The molecule has 0 saturated carbocycles. The lowest BCUT2D eigenvalue weighted by Gasteiger charge is -2.05. The summed E-state index contributed by atoms with van der Waals surface area (Å²) in [6.07, 6.45) is 2.92. The highest BCUT2D eigenvalue weighted by Gasteiger charge is 2.08. The molecule has 1 aromatic heterocycles. The molecular formula is C20H12Cl3FO3. The highest BCUT2D eigenvalue weighted by atomic mass is 35.5. The quantitative estimate of drug-likeness (QED) is 0.320. The molecule has 0 spiro atoms. The van der Waals surface area contributed by atoms with Crippen LogP contribution in [0.4, 0.5) is 4.39 Å². The van der Waals surface area contributed by atoms with E-state index in [-0.39, 0.29) is 17.4 Å². The van der Waals surface area contributed by atoms with Gasteiger partial charge in [0.25, 0.3) is 0 Å². The second-order valence-electron chi connectivity index (χ2n) is 5.49. The van der Waals surface area contributed by atoms with Gasteiger partial charge in [-0.2, -0.15) is 0 Å². The van der Waals surface area contributed by atoms with Crippen molar-refractivity contribution in [3.8, 4) is 5.75 Å². The van der Waals surface area contributed by atoms with Crippen molar-refractivity contribution >= 4 is 46.7 Å². The van der Waals surface area contributed by atoms with Crippen LogP contribution in [0.1, 0.15) is 21.9 Å². The number of allylic oxidation sites excluding steroid dienone is 1. The van der Waals surface area contributed by atoms with Gasteiger partial charge in [-0.1, -0.05) is 34.8 Å². The molecule has 0 unspecified atom stereocenters. The Morgan fingerprint density at radius 2 is 1.81 bits per heavy atom. The molecule has 3 nitrogen and oxygen atoms in total. The molecule has 138 valence electrons. The number of furan rings is 1. The number of hydrogen-bond donors (Lipinski definition) is 0. The first-order chi connectivity index (χ1) is 12.9. The summed E-state index contributed by atoms with van der Waals surface area (Å²) in [4.78, 5) is 12.2. The summed E-state index contributed by atoms with van der Waals surface area (Å²) in [5.41, 5.74) is 0.418. The predicted octanol–water partition coefficient (Wildman–Crippen LogP) is 6.85. The lowest BCUT2D eigenvalue weighted by Crippen LogP contribution is -1.94. The molecule has 0 aliphatic rings. The van der Waals surface area contributed by atoms with Crippen molar-refractivity contribution in [3.63, 3.8) is 0 Å². The fraction of sp³-hybridized carbons (Fsp3) is 0.0500. The molecule has 0 amide bonds. The maximum absolute atomic E-state index is 13.0. The Hall–Kier alpha value is -2.27. The van der Waals surface area contributed by atoms with Crippen molar-refractivity contribution in [1.29, 1.82) is 0 Å². The van der Waals surface area contributed by atoms with Gasteiger partial charge in [-0.05, 0) is 60.7 Å². The number of halogens is 4. The molecule has 0 saturated heterocycles. The average molecular weight is 426 g/mol. The summed E-state index contributed by atoms with van der Waals surface area (Å²) in [7, 11) is 0. The van der Waals surface area contributed by atoms with E-state index < -0.39 is 5.82 Å². The minimum Gasteiger partial charge on any atom is -0.484 e. The van der Waals surface area contributed by atoms with E-state index in [9.17, 15) is 9.18 Å². The normalized spacial score (nSPS) is 11.1. The zero-order valence-electron chi connectivity index (χ0n) is 13.7. The molecule has 0 aliphatic carbocycles. The number of ketones is 1. The first-order valence-electron chi connectivity index (χ1n) is 7.76. The largest absolute Gasteiger partial charge is 0.484 e. The fourth-order valence-corrected chi connectivity index (χ4v) is 2.73. The summed E-state index contributed by atoms with van der Waals surface area (Å²) in [5, 5.41) is 0.871. The topological polar surface area (TPSA) is 39.4 Å². The summed E-state index contributed by atoms with van der Waals surface area (Å²) < 4.78 is 24.1. The Labute approximate surface area is 169 Å². The maximum atomic E-state index is 13.0. The molecule has 0 N–H and O–H groups in total. The number of hydrogen-bond acceptors (Lipinski definition) is 3. The summed E-state index contributed by atoms with van der Waals surface area (Å²) in [6, 6.07) is 11.9. The van der Waals surface area contributed by atoms with Crippen LogP contribution in [-0.2, 0) is 6.61 Å². The van der Waals surface area contributed by atoms with Gasteiger partial charge in [0, 0.05) is 5.56 Å². The number of ether oxygens (including phenoxy) is 1. The van der Waals surface area contributed by atoms with Crippen LogP contribution >= 0.6 is 34.8 Å². The zero-order chi connectivity index (χ0) is 19.4. The molecule has 7 heteroatoms. The van der Waals surface area contributed by atoms with Crippen molar-refractivity contribution in [1.82, 2.24) is 0 Å². The van der Waals surface area contributed by atoms with Crippen molar-refractivity contribution in [2.75, 3.05) is 0 Å². The molecule has 1 heterocycles. The smallest absolute Gasteiger partial charge is 0.186 e. The van der Waals surface area contributed by atoms with E-state index in [2.05, 4.69) is 0 Å². The predicted molar refractivity (Wildman–Crippen MR) is 104 cm³/mol. The lowest BCUT2D eigenvalue weighted by atomic mass is 10.1. The molecule has 27 heavy (non-hydrogen) atoms. The second-order valence-corrected chi connectivity index (χ2v) is 6.72. The minimum absolute atomic E-state index is 0.111. The van der Waals surface area contributed by atoms with Crippen LogP contribution < -0.4 is 4.74 Å². The van der Waals surface area contributed by atoms with E-state index in [1.165, 1.54) is 30.3 Å². The van der Waals surface area contributed by atoms with Crippen LogP contribution in [0, 0.1) is 5.82 Å². The molecule has 0 fully saturated rings. The van der Waals surface area contributed by atoms with E-state index >= 15 is 0 Å². The van der Waals surface area contributed by atoms with Gasteiger partial charge in [0.15, 0.2) is 5.78 Å². The van der Waals surface area contributed by atoms with Gasteiger partial charge < -0.3 is 9.15 Å². The average Bonchev–Trinajstić information content (AvgIpc) is 3.09. The standard InChI is InChI=1S/C20H12Cl3FO3/c21-16-6-1-12(9-17(16)22)19(25)7-5-14-3-4-15(27-14)11-26-20-8-2-13(24)10-18(20)23/h1-10H,11H2/b7-5+. The third-order valence-electron chi connectivity index (χ3n) is 3.55. The van der Waals surface area contributed by atoms with Gasteiger partial charge in [0.1, 0.15) is 29.7 Å². The Morgan fingerprint density at radius 1 is 1.00 bits per heavy atom. The molecule has 2 aromatic carbocycles. The summed E-state index contributed by atoms with van der Waals surface area (Å²) in [5.74, 6) is 0.677. The van der Waals surface area contributed by atoms with Crippen LogP contribution in [0.25, 0.3) is 6.08 Å². The summed E-state index contributed by atoms with van der Waals surface area (Å²) in [6.45, 7) is 0.111. The van der Waals surface area contributed by atoms with Crippen molar-refractivity contribution in [3.05, 3.63) is 92.6 Å². The van der Waals surface area contributed by atoms with Crippen molar-refractivity contribution < 1.29 is 18.3 Å². The van der Waals surface area contributed by atoms with E-state index in [0.717, 1.165) is 0 Å². The zero-order valence-corrected chi connectivity index (χ0v) is 16.0. The van der Waals surface area contributed by atoms with Crippen LogP contribution in [0.5, 0.6) is 5.75 Å². The van der Waals surface area contributed by atoms with E-state index in [1.54, 1.807) is 30.3 Å². The molecule has 0 bridgehead atoms. The van der Waals surface area contributed by atoms with Gasteiger partial charge in [0.05, 0.1) is 15.1 Å². The highest BCUT2D eigenvalue weighted by Crippen LogP contribution is 2.26. The lowest BCUT2D eigenvalue weighted by molar-refractivity contribution is 0.104. The summed E-state index contributed by atoms with van der Waals surface area (Å²) >= 11 is 17.7. The van der Waals surface area contributed by atoms with Crippen LogP contribution in [0.3, 0.4) is 0 Å². The van der Waals surface area contributed by atoms with Crippen LogP contribution in [0.15, 0.2) is 59.0 Å². The fourth-order valence-electron chi connectivity index (χ4n) is 2.21. The number of benzene rings is 2. The van der Waals surface area contributed by atoms with Crippen LogP contribution in [-0.4, -0.2) is 5.78 Å². The second kappa shape index (κ2) is 8.61.